The molecule has 4 rings (SSSR count). The van der Waals surface area contributed by atoms with Crippen molar-refractivity contribution in [2.75, 3.05) is 20.2 Å². The number of hydrogen-bond acceptors (Lipinski definition) is 3. The summed E-state index contributed by atoms with van der Waals surface area (Å²) in [6, 6.07) is 11.4. The highest BCUT2D eigenvalue weighted by Gasteiger charge is 2.30. The average Bonchev–Trinajstić information content (AvgIpc) is 3.15. The van der Waals surface area contributed by atoms with Crippen LogP contribution in [0.15, 0.2) is 42.7 Å². The van der Waals surface area contributed by atoms with Gasteiger partial charge in [0.15, 0.2) is 0 Å². The fourth-order valence-corrected chi connectivity index (χ4v) is 3.80. The number of rotatable bonds is 3. The monoisotopic (exact) mass is 294 g/mol. The number of pyridine rings is 1. The van der Waals surface area contributed by atoms with Gasteiger partial charge in [0.25, 0.3) is 0 Å². The Morgan fingerprint density at radius 1 is 1.18 bits per heavy atom. The molecule has 1 fully saturated rings. The fraction of sp³-hybridized carbons (Fsp3) is 0.421. The van der Waals surface area contributed by atoms with Crippen LogP contribution in [0.3, 0.4) is 0 Å². The summed E-state index contributed by atoms with van der Waals surface area (Å²) in [5.74, 6) is 1.60. The molecule has 2 aliphatic rings. The Labute approximate surface area is 131 Å². The number of ether oxygens (including phenoxy) is 1. The highest BCUT2D eigenvalue weighted by atomic mass is 16.5. The van der Waals surface area contributed by atoms with Gasteiger partial charge >= 0.3 is 0 Å². The molecule has 0 spiro atoms. The lowest BCUT2D eigenvalue weighted by Gasteiger charge is -2.22. The van der Waals surface area contributed by atoms with Gasteiger partial charge in [0.05, 0.1) is 6.61 Å². The Kier molecular flexibility index (Phi) is 3.59. The van der Waals surface area contributed by atoms with Gasteiger partial charge in [-0.2, -0.15) is 0 Å². The minimum Gasteiger partial charge on any atom is -0.493 e. The molecule has 2 aromatic rings. The van der Waals surface area contributed by atoms with Crippen LogP contribution in [-0.4, -0.2) is 36.1 Å². The maximum atomic E-state index is 5.92. The standard InChI is InChI=1S/C19H22N2O/c1-21-10-2-3-17(21)11-16-13-22-19-5-4-15(12-18(16)19)14-6-8-20-9-7-14/h4-9,12,16-17H,2-3,10-11,13H2,1H3/t16?,17-/m1/s1. The van der Waals surface area contributed by atoms with Crippen LogP contribution < -0.4 is 4.74 Å². The molecular weight excluding hydrogens is 272 g/mol. The Morgan fingerprint density at radius 3 is 2.82 bits per heavy atom. The number of likely N-dealkylation sites (tertiary alicyclic amines) is 1. The van der Waals surface area contributed by atoms with Crippen molar-refractivity contribution in [3.05, 3.63) is 48.3 Å². The average molecular weight is 294 g/mol. The second-order valence-corrected chi connectivity index (χ2v) is 6.51. The van der Waals surface area contributed by atoms with E-state index >= 15 is 0 Å². The van der Waals surface area contributed by atoms with Gasteiger partial charge in [0.2, 0.25) is 0 Å². The summed E-state index contributed by atoms with van der Waals surface area (Å²) < 4.78 is 5.92. The molecule has 2 aliphatic heterocycles. The van der Waals surface area contributed by atoms with Crippen LogP contribution in [0.2, 0.25) is 0 Å². The van der Waals surface area contributed by atoms with E-state index in [0.717, 1.165) is 12.4 Å². The maximum absolute atomic E-state index is 5.92. The number of aromatic nitrogens is 1. The predicted octanol–water partition coefficient (Wildman–Crippen LogP) is 3.71. The van der Waals surface area contributed by atoms with Gasteiger partial charge < -0.3 is 9.64 Å². The number of benzene rings is 1. The van der Waals surface area contributed by atoms with E-state index in [1.54, 1.807) is 0 Å². The Hall–Kier alpha value is -1.87. The topological polar surface area (TPSA) is 25.4 Å². The fourth-order valence-electron chi connectivity index (χ4n) is 3.80. The third kappa shape index (κ3) is 2.50. The third-order valence-electron chi connectivity index (χ3n) is 5.13. The smallest absolute Gasteiger partial charge is 0.122 e. The highest BCUT2D eigenvalue weighted by Crippen LogP contribution is 2.40. The van der Waals surface area contributed by atoms with Gasteiger partial charge in [-0.1, -0.05) is 6.07 Å². The van der Waals surface area contributed by atoms with Crippen LogP contribution in [0, 0.1) is 0 Å². The van der Waals surface area contributed by atoms with Crippen molar-refractivity contribution in [1.82, 2.24) is 9.88 Å². The van der Waals surface area contributed by atoms with E-state index in [4.69, 9.17) is 4.74 Å². The largest absolute Gasteiger partial charge is 0.493 e. The minimum absolute atomic E-state index is 0.530. The van der Waals surface area contributed by atoms with E-state index in [1.165, 1.54) is 42.5 Å². The van der Waals surface area contributed by atoms with Crippen molar-refractivity contribution < 1.29 is 4.74 Å². The highest BCUT2D eigenvalue weighted by molar-refractivity contribution is 5.66. The number of nitrogens with zero attached hydrogens (tertiary/aromatic N) is 2. The van der Waals surface area contributed by atoms with Crippen molar-refractivity contribution in [2.45, 2.75) is 31.2 Å². The van der Waals surface area contributed by atoms with Crippen LogP contribution in [0.1, 0.15) is 30.7 Å². The minimum atomic E-state index is 0.530. The second-order valence-electron chi connectivity index (χ2n) is 6.51. The zero-order valence-corrected chi connectivity index (χ0v) is 13.0. The lowest BCUT2D eigenvalue weighted by Crippen LogP contribution is -2.27. The van der Waals surface area contributed by atoms with E-state index in [1.807, 2.05) is 12.4 Å². The molecule has 1 saturated heterocycles. The van der Waals surface area contributed by atoms with Crippen LogP contribution >= 0.6 is 0 Å². The zero-order chi connectivity index (χ0) is 14.9. The Morgan fingerprint density at radius 2 is 2.05 bits per heavy atom. The first-order chi connectivity index (χ1) is 10.8. The predicted molar refractivity (Wildman–Crippen MR) is 88.2 cm³/mol. The van der Waals surface area contributed by atoms with E-state index in [0.29, 0.717) is 12.0 Å². The van der Waals surface area contributed by atoms with Crippen molar-refractivity contribution in [2.24, 2.45) is 0 Å². The molecule has 1 unspecified atom stereocenters. The molecule has 3 heterocycles. The third-order valence-corrected chi connectivity index (χ3v) is 5.13. The molecule has 0 bridgehead atoms. The van der Waals surface area contributed by atoms with E-state index in [-0.39, 0.29) is 0 Å². The lowest BCUT2D eigenvalue weighted by atomic mass is 9.91. The molecule has 3 nitrogen and oxygen atoms in total. The molecule has 2 atom stereocenters. The molecule has 3 heteroatoms. The molecular formula is C19H22N2O. The first-order valence-electron chi connectivity index (χ1n) is 8.18. The van der Waals surface area contributed by atoms with Gasteiger partial charge in [0, 0.05) is 29.9 Å². The van der Waals surface area contributed by atoms with Crippen molar-refractivity contribution >= 4 is 0 Å². The summed E-state index contributed by atoms with van der Waals surface area (Å²) in [7, 11) is 2.25. The summed E-state index contributed by atoms with van der Waals surface area (Å²) >= 11 is 0. The van der Waals surface area contributed by atoms with Crippen LogP contribution in [-0.2, 0) is 0 Å². The van der Waals surface area contributed by atoms with Gasteiger partial charge in [-0.3, -0.25) is 4.98 Å². The second kappa shape index (κ2) is 5.73. The van der Waals surface area contributed by atoms with E-state index in [2.05, 4.69) is 47.3 Å². The van der Waals surface area contributed by atoms with Crippen LogP contribution in [0.5, 0.6) is 5.75 Å². The summed E-state index contributed by atoms with van der Waals surface area (Å²) in [6.07, 6.45) is 7.57. The molecule has 0 saturated carbocycles. The van der Waals surface area contributed by atoms with Crippen LogP contribution in [0.4, 0.5) is 0 Å². The molecule has 1 aromatic carbocycles. The first-order valence-corrected chi connectivity index (χ1v) is 8.18. The molecule has 0 radical (unpaired) electrons. The molecule has 0 amide bonds. The molecule has 22 heavy (non-hydrogen) atoms. The zero-order valence-electron chi connectivity index (χ0n) is 13.0. The van der Waals surface area contributed by atoms with Gasteiger partial charge in [-0.25, -0.2) is 0 Å². The number of fused-ring (bicyclic) bond motifs is 1. The van der Waals surface area contributed by atoms with Crippen LogP contribution in [0.25, 0.3) is 11.1 Å². The van der Waals surface area contributed by atoms with Crippen molar-refractivity contribution in [3.8, 4) is 16.9 Å². The Balaban J connectivity index is 1.60. The normalized spacial score (nSPS) is 24.2. The SMILES string of the molecule is CN1CCC[C@@H]1CC1COc2ccc(-c3ccncc3)cc21. The first kappa shape index (κ1) is 13.8. The summed E-state index contributed by atoms with van der Waals surface area (Å²) in [5, 5.41) is 0. The molecule has 114 valence electrons. The van der Waals surface area contributed by atoms with Gasteiger partial charge in [0.1, 0.15) is 5.75 Å². The molecule has 0 N–H and O–H groups in total. The summed E-state index contributed by atoms with van der Waals surface area (Å²) in [5.41, 5.74) is 3.87. The quantitative estimate of drug-likeness (QED) is 0.863. The maximum Gasteiger partial charge on any atom is 0.122 e. The van der Waals surface area contributed by atoms with Gasteiger partial charge in [-0.15, -0.1) is 0 Å². The van der Waals surface area contributed by atoms with E-state index in [9.17, 15) is 0 Å². The number of hydrogen-bond donors (Lipinski definition) is 0. The van der Waals surface area contributed by atoms with Crippen molar-refractivity contribution in [3.63, 3.8) is 0 Å². The molecule has 0 aliphatic carbocycles. The van der Waals surface area contributed by atoms with E-state index < -0.39 is 0 Å². The van der Waals surface area contributed by atoms with Gasteiger partial charge in [-0.05, 0) is 68.2 Å². The van der Waals surface area contributed by atoms with Crippen molar-refractivity contribution in [1.29, 1.82) is 0 Å². The lowest BCUT2D eigenvalue weighted by molar-refractivity contribution is 0.257. The Bertz CT molecular complexity index is 656. The summed E-state index contributed by atoms with van der Waals surface area (Å²) in [4.78, 5) is 6.61. The summed E-state index contributed by atoms with van der Waals surface area (Å²) in [6.45, 7) is 2.07. The molecule has 1 aromatic heterocycles.